The number of nitrogens with two attached hydrogens (primary N) is 1. The van der Waals surface area contributed by atoms with Gasteiger partial charge >= 0.3 is 0 Å². The summed E-state index contributed by atoms with van der Waals surface area (Å²) in [5.41, 5.74) is 2.45. The van der Waals surface area contributed by atoms with Crippen molar-refractivity contribution in [1.82, 2.24) is 9.97 Å². The van der Waals surface area contributed by atoms with Crippen molar-refractivity contribution in [3.05, 3.63) is 6.33 Å². The molecule has 1 heterocycles. The number of methoxy groups -OCH3 is 1. The van der Waals surface area contributed by atoms with Crippen LogP contribution in [0.1, 0.15) is 25.7 Å². The molecule has 17 heavy (non-hydrogen) atoms. The zero-order chi connectivity index (χ0) is 12.1. The lowest BCUT2D eigenvalue weighted by molar-refractivity contribution is 0.211. The van der Waals surface area contributed by atoms with Crippen molar-refractivity contribution >= 4 is 5.82 Å². The molecule has 0 aliphatic heterocycles. The molecule has 0 radical (unpaired) electrons. The van der Waals surface area contributed by atoms with E-state index in [-0.39, 0.29) is 0 Å². The zero-order valence-electron chi connectivity index (χ0n) is 9.98. The summed E-state index contributed by atoms with van der Waals surface area (Å²) in [7, 11) is 1.54. The van der Waals surface area contributed by atoms with E-state index in [4.69, 9.17) is 15.3 Å². The number of rotatable bonds is 6. The van der Waals surface area contributed by atoms with E-state index in [1.165, 1.54) is 25.6 Å². The third kappa shape index (κ3) is 2.76. The van der Waals surface area contributed by atoms with E-state index in [1.54, 1.807) is 7.11 Å². The number of anilines is 1. The van der Waals surface area contributed by atoms with Gasteiger partial charge in [-0.2, -0.15) is 4.98 Å². The number of hydrogen-bond donors (Lipinski definition) is 2. The summed E-state index contributed by atoms with van der Waals surface area (Å²) < 4.78 is 10.8. The number of hydrazine groups is 1. The lowest BCUT2D eigenvalue weighted by Gasteiger charge is -2.25. The number of ether oxygens (including phenoxy) is 2. The lowest BCUT2D eigenvalue weighted by Crippen LogP contribution is -2.15. The summed E-state index contributed by atoms with van der Waals surface area (Å²) in [5, 5.41) is 0. The van der Waals surface area contributed by atoms with E-state index in [9.17, 15) is 0 Å². The Balaban J connectivity index is 1.93. The Kier molecular flexibility index (Phi) is 3.98. The van der Waals surface area contributed by atoms with Crippen LogP contribution >= 0.6 is 0 Å². The van der Waals surface area contributed by atoms with Crippen LogP contribution in [-0.2, 0) is 0 Å². The molecule has 0 saturated heterocycles. The Morgan fingerprint density at radius 3 is 2.88 bits per heavy atom. The molecule has 0 spiro atoms. The summed E-state index contributed by atoms with van der Waals surface area (Å²) in [6.07, 6.45) is 6.46. The minimum absolute atomic E-state index is 0.432. The molecule has 0 aromatic carbocycles. The molecule has 1 aliphatic rings. The molecular weight excluding hydrogens is 220 g/mol. The summed E-state index contributed by atoms with van der Waals surface area (Å²) in [4.78, 5) is 7.99. The average molecular weight is 238 g/mol. The Morgan fingerprint density at radius 2 is 2.29 bits per heavy atom. The molecule has 3 N–H and O–H groups in total. The van der Waals surface area contributed by atoms with Crippen LogP contribution in [0.2, 0.25) is 0 Å². The van der Waals surface area contributed by atoms with Crippen molar-refractivity contribution in [2.75, 3.05) is 19.1 Å². The molecule has 0 atom stereocenters. The van der Waals surface area contributed by atoms with Gasteiger partial charge in [0.25, 0.3) is 5.88 Å². The fourth-order valence-electron chi connectivity index (χ4n) is 1.85. The van der Waals surface area contributed by atoms with Gasteiger partial charge in [0.2, 0.25) is 5.75 Å². The largest absolute Gasteiger partial charge is 0.489 e. The SMILES string of the molecule is COc1c(NN)ncnc1OCCC1CCC1. The molecule has 1 saturated carbocycles. The molecule has 6 nitrogen and oxygen atoms in total. The number of nitrogens with zero attached hydrogens (tertiary/aromatic N) is 2. The van der Waals surface area contributed by atoms with Crippen LogP contribution < -0.4 is 20.7 Å². The summed E-state index contributed by atoms with van der Waals surface area (Å²) in [6, 6.07) is 0. The molecule has 2 rings (SSSR count). The molecule has 1 fully saturated rings. The van der Waals surface area contributed by atoms with Gasteiger partial charge in [-0.1, -0.05) is 19.3 Å². The van der Waals surface area contributed by atoms with E-state index < -0.39 is 0 Å². The van der Waals surface area contributed by atoms with Crippen molar-refractivity contribution in [3.8, 4) is 11.6 Å². The van der Waals surface area contributed by atoms with Gasteiger partial charge < -0.3 is 14.9 Å². The molecule has 6 heteroatoms. The fourth-order valence-corrected chi connectivity index (χ4v) is 1.85. The predicted octanol–water partition coefficient (Wildman–Crippen LogP) is 1.34. The summed E-state index contributed by atoms with van der Waals surface area (Å²) in [5.74, 6) is 7.46. The second-order valence-corrected chi connectivity index (χ2v) is 4.14. The van der Waals surface area contributed by atoms with E-state index in [0.29, 0.717) is 24.1 Å². The summed E-state index contributed by atoms with van der Waals surface area (Å²) >= 11 is 0. The first-order chi connectivity index (χ1) is 8.35. The molecule has 0 unspecified atom stereocenters. The Morgan fingerprint density at radius 1 is 1.47 bits per heavy atom. The van der Waals surface area contributed by atoms with Crippen LogP contribution in [0.25, 0.3) is 0 Å². The van der Waals surface area contributed by atoms with Crippen LogP contribution in [0.5, 0.6) is 11.6 Å². The van der Waals surface area contributed by atoms with E-state index in [2.05, 4.69) is 15.4 Å². The number of nitrogen functional groups attached to an aromatic ring is 1. The smallest absolute Gasteiger partial charge is 0.262 e. The lowest BCUT2D eigenvalue weighted by atomic mass is 9.83. The van der Waals surface area contributed by atoms with Gasteiger partial charge in [0.15, 0.2) is 5.82 Å². The van der Waals surface area contributed by atoms with Crippen molar-refractivity contribution in [2.24, 2.45) is 11.8 Å². The van der Waals surface area contributed by atoms with Gasteiger partial charge in [-0.15, -0.1) is 0 Å². The van der Waals surface area contributed by atoms with Crippen LogP contribution in [0.3, 0.4) is 0 Å². The van der Waals surface area contributed by atoms with Gasteiger partial charge in [0, 0.05) is 0 Å². The zero-order valence-corrected chi connectivity index (χ0v) is 9.98. The van der Waals surface area contributed by atoms with Crippen LogP contribution in [-0.4, -0.2) is 23.7 Å². The number of nitrogens with one attached hydrogen (secondary N) is 1. The van der Waals surface area contributed by atoms with Crippen molar-refractivity contribution in [2.45, 2.75) is 25.7 Å². The standard InChI is InChI=1S/C11H18N4O2/c1-16-9-10(15-12)13-7-14-11(9)17-6-5-8-3-2-4-8/h7-8H,2-6,12H2,1H3,(H,13,14,15). The molecule has 1 aromatic heterocycles. The normalized spacial score (nSPS) is 15.2. The predicted molar refractivity (Wildman–Crippen MR) is 63.8 cm³/mol. The maximum Gasteiger partial charge on any atom is 0.262 e. The Bertz CT molecular complexity index is 368. The van der Waals surface area contributed by atoms with Crippen molar-refractivity contribution < 1.29 is 9.47 Å². The topological polar surface area (TPSA) is 82.3 Å². The minimum atomic E-state index is 0.432. The first-order valence-corrected chi connectivity index (χ1v) is 5.83. The first-order valence-electron chi connectivity index (χ1n) is 5.83. The highest BCUT2D eigenvalue weighted by molar-refractivity contribution is 5.54. The van der Waals surface area contributed by atoms with E-state index in [0.717, 1.165) is 12.3 Å². The van der Waals surface area contributed by atoms with Crippen LogP contribution in [0.4, 0.5) is 5.82 Å². The molecule has 94 valence electrons. The quantitative estimate of drug-likeness (QED) is 0.575. The van der Waals surface area contributed by atoms with E-state index in [1.807, 2.05) is 0 Å². The average Bonchev–Trinajstić information content (AvgIpc) is 2.31. The Labute approximate surface area is 101 Å². The van der Waals surface area contributed by atoms with Gasteiger partial charge in [-0.05, 0) is 12.3 Å². The van der Waals surface area contributed by atoms with Crippen molar-refractivity contribution in [1.29, 1.82) is 0 Å². The maximum atomic E-state index is 5.61. The molecule has 0 bridgehead atoms. The highest BCUT2D eigenvalue weighted by atomic mass is 16.5. The molecule has 1 aromatic rings. The third-order valence-corrected chi connectivity index (χ3v) is 3.10. The molecular formula is C11H18N4O2. The minimum Gasteiger partial charge on any atom is -0.489 e. The van der Waals surface area contributed by atoms with Gasteiger partial charge in [0.05, 0.1) is 13.7 Å². The third-order valence-electron chi connectivity index (χ3n) is 3.10. The van der Waals surface area contributed by atoms with Crippen molar-refractivity contribution in [3.63, 3.8) is 0 Å². The maximum absolute atomic E-state index is 5.61. The fraction of sp³-hybridized carbons (Fsp3) is 0.636. The first kappa shape index (κ1) is 11.9. The highest BCUT2D eigenvalue weighted by Gasteiger charge is 2.18. The van der Waals surface area contributed by atoms with Gasteiger partial charge in [-0.25, -0.2) is 10.8 Å². The van der Waals surface area contributed by atoms with Gasteiger partial charge in [0.1, 0.15) is 6.33 Å². The Hall–Kier alpha value is -1.56. The summed E-state index contributed by atoms with van der Waals surface area (Å²) in [6.45, 7) is 0.655. The number of aromatic nitrogens is 2. The number of hydrogen-bond acceptors (Lipinski definition) is 6. The van der Waals surface area contributed by atoms with E-state index >= 15 is 0 Å². The second-order valence-electron chi connectivity index (χ2n) is 4.14. The second kappa shape index (κ2) is 5.67. The molecule has 0 amide bonds. The van der Waals surface area contributed by atoms with Gasteiger partial charge in [-0.3, -0.25) is 0 Å². The van der Waals surface area contributed by atoms with Crippen LogP contribution in [0.15, 0.2) is 6.33 Å². The van der Waals surface area contributed by atoms with Crippen LogP contribution in [0, 0.1) is 5.92 Å². The highest BCUT2D eigenvalue weighted by Crippen LogP contribution is 2.32. The monoisotopic (exact) mass is 238 g/mol. The molecule has 1 aliphatic carbocycles.